The Morgan fingerprint density at radius 1 is 0.922 bits per heavy atom. The molecule has 2 amide bonds. The van der Waals surface area contributed by atoms with Crippen LogP contribution in [0.15, 0.2) is 71.7 Å². The molecule has 1 atom stereocenters. The lowest BCUT2D eigenvalue weighted by atomic mass is 9.99. The average Bonchev–Trinajstić information content (AvgIpc) is 3.77. The highest BCUT2D eigenvalue weighted by Crippen LogP contribution is 2.39. The molecule has 0 unspecified atom stereocenters. The van der Waals surface area contributed by atoms with E-state index in [9.17, 15) is 14.7 Å². The standard InChI is InChI=1S/C50H58ClIN8O3S/c1-33-34(2)64-50-46(33)47(37-19-21-39(51)22-20-37)56-43(49-58-57-35(3)60(49)50)31-45(62)54-25-13-8-6-4-5-7-12-18-44(61)55-41-23-27-59(28-24-41)32-38-29-36(30-42(52)48(38)63)15-14-26-53-40-16-10-9-11-17-40/h9-11,16-17,19-22,29-30,41,43,53,63H,4-8,12-13,18,23-28,31-32H2,1-3H3,(H,54,62)(H,55,61)/t43-/m0/s1. The number of amides is 2. The van der Waals surface area contributed by atoms with E-state index < -0.39 is 6.04 Å². The van der Waals surface area contributed by atoms with Crippen molar-refractivity contribution in [3.05, 3.63) is 120 Å². The Kier molecular flexibility index (Phi) is 16.9. The Morgan fingerprint density at radius 3 is 2.39 bits per heavy atom. The number of carbonyl (C=O) groups is 2. The maximum absolute atomic E-state index is 13.3. The number of hydrogen-bond acceptors (Lipinski definition) is 9. The number of aryl methyl sites for hydroxylation is 2. The maximum Gasteiger partial charge on any atom is 0.222 e. The third-order valence-electron chi connectivity index (χ3n) is 12.0. The molecule has 0 spiro atoms. The van der Waals surface area contributed by atoms with E-state index in [0.717, 1.165) is 124 Å². The number of aliphatic imine (C=N–C) groups is 1. The zero-order valence-corrected chi connectivity index (χ0v) is 40.7. The number of halogens is 2. The van der Waals surface area contributed by atoms with Crippen LogP contribution in [0.4, 0.5) is 5.69 Å². The molecule has 0 saturated carbocycles. The Morgan fingerprint density at radius 2 is 1.64 bits per heavy atom. The third-order valence-corrected chi connectivity index (χ3v) is 14.3. The van der Waals surface area contributed by atoms with Crippen LogP contribution in [0.5, 0.6) is 5.75 Å². The first-order chi connectivity index (χ1) is 31.0. The lowest BCUT2D eigenvalue weighted by Gasteiger charge is -2.32. The monoisotopic (exact) mass is 1010 g/mol. The molecule has 336 valence electrons. The number of rotatable bonds is 18. The molecule has 64 heavy (non-hydrogen) atoms. The van der Waals surface area contributed by atoms with Crippen molar-refractivity contribution in [1.82, 2.24) is 30.3 Å². The van der Waals surface area contributed by atoms with E-state index in [2.05, 4.69) is 83.9 Å². The summed E-state index contributed by atoms with van der Waals surface area (Å²) in [4.78, 5) is 34.9. The highest BCUT2D eigenvalue weighted by molar-refractivity contribution is 14.1. The summed E-state index contributed by atoms with van der Waals surface area (Å²) in [6.07, 6.45) is 9.73. The number of hydrogen-bond donors (Lipinski definition) is 4. The molecule has 4 heterocycles. The van der Waals surface area contributed by atoms with Crippen LogP contribution in [0.1, 0.15) is 121 Å². The molecular weight excluding hydrogens is 955 g/mol. The van der Waals surface area contributed by atoms with Crippen LogP contribution in [-0.4, -0.2) is 74.5 Å². The van der Waals surface area contributed by atoms with Gasteiger partial charge in [-0.2, -0.15) is 0 Å². The summed E-state index contributed by atoms with van der Waals surface area (Å²) in [7, 11) is 0. The van der Waals surface area contributed by atoms with Crippen LogP contribution in [0, 0.1) is 36.2 Å². The van der Waals surface area contributed by atoms with E-state index >= 15 is 0 Å². The van der Waals surface area contributed by atoms with E-state index in [4.69, 9.17) is 16.6 Å². The SMILES string of the molecule is Cc1sc2c(c1C)C(c1ccc(Cl)cc1)=N[C@@H](CC(=O)NCCCCCCCCCC(=O)NC1CCN(Cc3cc(C#CCNc4ccccc4)cc(I)c3O)CC1)c1nnc(C)n1-2. The minimum absolute atomic E-state index is 0.0514. The van der Waals surface area contributed by atoms with Crippen LogP contribution in [0.3, 0.4) is 0 Å². The van der Waals surface area contributed by atoms with Gasteiger partial charge in [0.15, 0.2) is 5.82 Å². The van der Waals surface area contributed by atoms with Crippen molar-refractivity contribution < 1.29 is 14.7 Å². The molecule has 0 radical (unpaired) electrons. The molecule has 1 saturated heterocycles. The smallest absolute Gasteiger partial charge is 0.222 e. The second kappa shape index (κ2) is 22.9. The van der Waals surface area contributed by atoms with E-state index in [0.29, 0.717) is 42.7 Å². The van der Waals surface area contributed by atoms with Crippen LogP contribution in [-0.2, 0) is 16.1 Å². The van der Waals surface area contributed by atoms with Crippen LogP contribution >= 0.6 is 45.5 Å². The topological polar surface area (TPSA) is 137 Å². The quantitative estimate of drug-likeness (QED) is 0.0390. The molecule has 2 aromatic heterocycles. The van der Waals surface area contributed by atoms with Gasteiger partial charge in [0.2, 0.25) is 11.8 Å². The van der Waals surface area contributed by atoms with Gasteiger partial charge in [-0.25, -0.2) is 0 Å². The number of unbranched alkanes of at least 4 members (excludes halogenated alkanes) is 6. The predicted molar refractivity (Wildman–Crippen MR) is 267 cm³/mol. The average molecular weight is 1010 g/mol. The van der Waals surface area contributed by atoms with Gasteiger partial charge in [0.1, 0.15) is 22.6 Å². The normalized spacial score (nSPS) is 15.0. The van der Waals surface area contributed by atoms with Gasteiger partial charge in [-0.15, -0.1) is 21.5 Å². The fraction of sp³-hybridized carbons (Fsp3) is 0.420. The molecule has 11 nitrogen and oxygen atoms in total. The molecule has 2 aliphatic rings. The van der Waals surface area contributed by atoms with E-state index in [1.165, 1.54) is 4.88 Å². The van der Waals surface area contributed by atoms with Gasteiger partial charge in [-0.3, -0.25) is 24.0 Å². The van der Waals surface area contributed by atoms with Crippen molar-refractivity contribution in [2.24, 2.45) is 4.99 Å². The summed E-state index contributed by atoms with van der Waals surface area (Å²) in [6.45, 7) is 9.72. The summed E-state index contributed by atoms with van der Waals surface area (Å²) < 4.78 is 2.87. The summed E-state index contributed by atoms with van der Waals surface area (Å²) >= 11 is 10.1. The summed E-state index contributed by atoms with van der Waals surface area (Å²) in [5.74, 6) is 8.29. The minimum atomic E-state index is -0.485. The summed E-state index contributed by atoms with van der Waals surface area (Å²) in [5.41, 5.74) is 6.82. The van der Waals surface area contributed by atoms with Gasteiger partial charge in [-0.1, -0.05) is 85.9 Å². The van der Waals surface area contributed by atoms with Crippen molar-refractivity contribution >= 4 is 68.7 Å². The third kappa shape index (κ3) is 12.5. The first kappa shape index (κ1) is 47.2. The largest absolute Gasteiger partial charge is 0.507 e. The molecule has 2 aliphatic heterocycles. The Bertz CT molecular complexity index is 2490. The molecule has 0 bridgehead atoms. The lowest BCUT2D eigenvalue weighted by molar-refractivity contribution is -0.122. The van der Waals surface area contributed by atoms with Crippen LogP contribution in [0.2, 0.25) is 5.02 Å². The number of nitrogens with zero attached hydrogens (tertiary/aromatic N) is 5. The highest BCUT2D eigenvalue weighted by Gasteiger charge is 2.32. The predicted octanol–water partition coefficient (Wildman–Crippen LogP) is 9.98. The maximum atomic E-state index is 13.3. The summed E-state index contributed by atoms with van der Waals surface area (Å²) in [5, 5.41) is 31.1. The highest BCUT2D eigenvalue weighted by atomic mass is 127. The molecule has 0 aliphatic carbocycles. The zero-order valence-electron chi connectivity index (χ0n) is 37.0. The van der Waals surface area contributed by atoms with E-state index in [1.807, 2.05) is 73.7 Å². The number of likely N-dealkylation sites (tertiary alicyclic amines) is 1. The van der Waals surface area contributed by atoms with Gasteiger partial charge in [0, 0.05) is 76.5 Å². The first-order valence-electron chi connectivity index (χ1n) is 22.5. The lowest BCUT2D eigenvalue weighted by Crippen LogP contribution is -2.44. The van der Waals surface area contributed by atoms with Crippen molar-refractivity contribution in [3.63, 3.8) is 0 Å². The van der Waals surface area contributed by atoms with Crippen LogP contribution < -0.4 is 16.0 Å². The number of phenols is 1. The second-order valence-electron chi connectivity index (χ2n) is 16.8. The van der Waals surface area contributed by atoms with Gasteiger partial charge in [0.05, 0.1) is 22.2 Å². The molecule has 5 aromatic rings. The number of aromatic nitrogens is 3. The number of anilines is 1. The second-order valence-corrected chi connectivity index (χ2v) is 19.6. The first-order valence-corrected chi connectivity index (χ1v) is 24.7. The number of phenolic OH excluding ortho intramolecular Hbond substituents is 1. The van der Waals surface area contributed by atoms with Gasteiger partial charge in [-0.05, 0) is 111 Å². The number of benzene rings is 3. The number of nitrogens with one attached hydrogen (secondary N) is 3. The summed E-state index contributed by atoms with van der Waals surface area (Å²) in [6, 6.07) is 21.3. The molecule has 14 heteroatoms. The van der Waals surface area contributed by atoms with E-state index in [1.54, 1.807) is 11.3 Å². The van der Waals surface area contributed by atoms with Crippen molar-refractivity contribution in [1.29, 1.82) is 0 Å². The Hall–Kier alpha value is -4.75. The van der Waals surface area contributed by atoms with Gasteiger partial charge in [0.25, 0.3) is 0 Å². The number of piperidine rings is 1. The molecule has 4 N–H and O–H groups in total. The fourth-order valence-electron chi connectivity index (χ4n) is 8.38. The molecule has 3 aromatic carbocycles. The zero-order chi connectivity index (χ0) is 45.0. The van der Waals surface area contributed by atoms with Crippen molar-refractivity contribution in [2.45, 2.75) is 110 Å². The molecule has 7 rings (SSSR count). The van der Waals surface area contributed by atoms with Gasteiger partial charge >= 0.3 is 0 Å². The molecular formula is C50H58ClIN8O3S. The minimum Gasteiger partial charge on any atom is -0.507 e. The van der Waals surface area contributed by atoms with E-state index in [-0.39, 0.29) is 24.3 Å². The number of thiophene rings is 1. The number of fused-ring (bicyclic) bond motifs is 3. The van der Waals surface area contributed by atoms with Crippen molar-refractivity contribution in [3.8, 4) is 22.6 Å². The number of aromatic hydroxyl groups is 1. The Balaban J connectivity index is 0.760. The number of carbonyl (C=O) groups excluding carboxylic acids is 2. The van der Waals surface area contributed by atoms with Crippen LogP contribution in [0.25, 0.3) is 5.00 Å². The Labute approximate surface area is 400 Å². The van der Waals surface area contributed by atoms with Crippen molar-refractivity contribution in [2.75, 3.05) is 31.5 Å². The number of para-hydroxylation sites is 1. The fourth-order valence-corrected chi connectivity index (χ4v) is 10.4. The molecule has 1 fully saturated rings. The van der Waals surface area contributed by atoms with Gasteiger partial charge < -0.3 is 21.1 Å².